The molecule has 1 heterocycles. The van der Waals surface area contributed by atoms with Gasteiger partial charge in [0.15, 0.2) is 9.84 Å². The second-order valence-corrected chi connectivity index (χ2v) is 8.47. The molecule has 1 N–H and O–H groups in total. The fraction of sp³-hybridized carbons (Fsp3) is 0.571. The van der Waals surface area contributed by atoms with Crippen LogP contribution in [-0.4, -0.2) is 26.4 Å². The largest absolute Gasteiger partial charge is 0.392 e. The Morgan fingerprint density at radius 2 is 2.05 bits per heavy atom. The van der Waals surface area contributed by atoms with Gasteiger partial charge in [-0.2, -0.15) is 0 Å². The predicted octanol–water partition coefficient (Wildman–Crippen LogP) is 3.11. The SMILES string of the molecule is CS(=O)(=O)c1ccc(/C(=C\C2CCCCC2)CO)s1. The minimum absolute atomic E-state index is 0.0276. The maximum absolute atomic E-state index is 11.5. The van der Waals surface area contributed by atoms with Crippen LogP contribution in [0.1, 0.15) is 37.0 Å². The first-order chi connectivity index (χ1) is 9.00. The number of thiophene rings is 1. The van der Waals surface area contributed by atoms with Gasteiger partial charge in [0.2, 0.25) is 0 Å². The third kappa shape index (κ3) is 3.91. The molecule has 2 rings (SSSR count). The summed E-state index contributed by atoms with van der Waals surface area (Å²) in [4.78, 5) is 0.869. The minimum atomic E-state index is -3.15. The summed E-state index contributed by atoms with van der Waals surface area (Å²) in [5.74, 6) is 0.527. The van der Waals surface area contributed by atoms with Crippen molar-refractivity contribution in [1.29, 1.82) is 0 Å². The normalized spacial score (nSPS) is 18.7. The van der Waals surface area contributed by atoms with E-state index in [2.05, 4.69) is 6.08 Å². The van der Waals surface area contributed by atoms with E-state index in [0.29, 0.717) is 10.1 Å². The second kappa shape index (κ2) is 6.20. The van der Waals surface area contributed by atoms with Crippen molar-refractivity contribution in [2.75, 3.05) is 12.9 Å². The number of sulfone groups is 1. The van der Waals surface area contributed by atoms with E-state index >= 15 is 0 Å². The summed E-state index contributed by atoms with van der Waals surface area (Å²) in [7, 11) is -3.15. The van der Waals surface area contributed by atoms with E-state index in [0.717, 1.165) is 10.5 Å². The summed E-state index contributed by atoms with van der Waals surface area (Å²) in [5, 5.41) is 9.51. The molecule has 1 aromatic heterocycles. The molecule has 0 amide bonds. The van der Waals surface area contributed by atoms with Crippen molar-refractivity contribution >= 4 is 26.7 Å². The first-order valence-electron chi connectivity index (χ1n) is 6.62. The molecule has 3 nitrogen and oxygen atoms in total. The fourth-order valence-corrected chi connectivity index (χ4v) is 4.43. The zero-order chi connectivity index (χ0) is 13.9. The van der Waals surface area contributed by atoms with E-state index in [1.807, 2.05) is 0 Å². The van der Waals surface area contributed by atoms with Crippen LogP contribution in [0.2, 0.25) is 0 Å². The van der Waals surface area contributed by atoms with Crippen LogP contribution in [0.15, 0.2) is 22.4 Å². The zero-order valence-electron chi connectivity index (χ0n) is 11.1. The molecule has 1 aromatic rings. The van der Waals surface area contributed by atoms with E-state index in [9.17, 15) is 13.5 Å². The first-order valence-corrected chi connectivity index (χ1v) is 9.33. The standard InChI is InChI=1S/C14H20O3S2/c1-19(16,17)14-8-7-13(18-14)12(10-15)9-11-5-3-2-4-6-11/h7-9,11,15H,2-6,10H2,1H3/b12-9-. The Bertz CT molecular complexity index is 549. The highest BCUT2D eigenvalue weighted by molar-refractivity contribution is 7.92. The molecule has 0 radical (unpaired) electrons. The van der Waals surface area contributed by atoms with Crippen LogP contribution in [0.4, 0.5) is 0 Å². The highest BCUT2D eigenvalue weighted by Crippen LogP contribution is 2.31. The summed E-state index contributed by atoms with van der Waals surface area (Å²) in [6.07, 6.45) is 9.50. The lowest BCUT2D eigenvalue weighted by molar-refractivity contribution is 0.348. The fourth-order valence-electron chi connectivity index (χ4n) is 2.49. The van der Waals surface area contributed by atoms with Crippen molar-refractivity contribution in [2.24, 2.45) is 5.92 Å². The van der Waals surface area contributed by atoms with Crippen molar-refractivity contribution in [3.8, 4) is 0 Å². The third-order valence-electron chi connectivity index (χ3n) is 3.52. The monoisotopic (exact) mass is 300 g/mol. The van der Waals surface area contributed by atoms with Crippen LogP contribution in [0.3, 0.4) is 0 Å². The summed E-state index contributed by atoms with van der Waals surface area (Å²) >= 11 is 1.24. The molecular weight excluding hydrogens is 280 g/mol. The summed E-state index contributed by atoms with van der Waals surface area (Å²) in [6, 6.07) is 3.42. The summed E-state index contributed by atoms with van der Waals surface area (Å²) < 4.78 is 23.3. The van der Waals surface area contributed by atoms with Crippen LogP contribution in [0, 0.1) is 5.92 Å². The maximum Gasteiger partial charge on any atom is 0.184 e. The lowest BCUT2D eigenvalue weighted by Crippen LogP contribution is -2.04. The van der Waals surface area contributed by atoms with Crippen LogP contribution in [0.5, 0.6) is 0 Å². The number of hydrogen-bond acceptors (Lipinski definition) is 4. The molecule has 1 saturated carbocycles. The van der Waals surface area contributed by atoms with Gasteiger partial charge in [-0.25, -0.2) is 8.42 Å². The number of allylic oxidation sites excluding steroid dienone is 1. The Balaban J connectivity index is 2.21. The van der Waals surface area contributed by atoms with E-state index in [1.165, 1.54) is 49.7 Å². The van der Waals surface area contributed by atoms with Crippen LogP contribution >= 0.6 is 11.3 Å². The Labute approximate surface area is 118 Å². The van der Waals surface area contributed by atoms with E-state index in [4.69, 9.17) is 0 Å². The van der Waals surface area contributed by atoms with Gasteiger partial charge in [-0.15, -0.1) is 11.3 Å². The average molecular weight is 300 g/mol. The lowest BCUT2D eigenvalue weighted by atomic mass is 9.88. The number of aliphatic hydroxyl groups excluding tert-OH is 1. The quantitative estimate of drug-likeness (QED) is 0.929. The van der Waals surface area contributed by atoms with Gasteiger partial charge >= 0.3 is 0 Å². The number of hydrogen-bond donors (Lipinski definition) is 1. The van der Waals surface area contributed by atoms with Gasteiger partial charge < -0.3 is 5.11 Å². The molecule has 0 aliphatic heterocycles. The van der Waals surface area contributed by atoms with E-state index in [1.54, 1.807) is 12.1 Å². The molecule has 0 aromatic carbocycles. The molecule has 5 heteroatoms. The molecule has 1 fully saturated rings. The van der Waals surface area contributed by atoms with Crippen LogP contribution in [0.25, 0.3) is 5.57 Å². The Hall–Kier alpha value is -0.650. The van der Waals surface area contributed by atoms with Crippen molar-refractivity contribution in [3.63, 3.8) is 0 Å². The van der Waals surface area contributed by atoms with Crippen molar-refractivity contribution in [2.45, 2.75) is 36.3 Å². The van der Waals surface area contributed by atoms with Gasteiger partial charge in [-0.3, -0.25) is 0 Å². The molecule has 1 aliphatic rings. The number of aliphatic hydroxyl groups is 1. The maximum atomic E-state index is 11.5. The third-order valence-corrected chi connectivity index (χ3v) is 6.50. The van der Waals surface area contributed by atoms with Crippen LogP contribution < -0.4 is 0 Å². The molecule has 19 heavy (non-hydrogen) atoms. The summed E-state index contributed by atoms with van der Waals surface area (Å²) in [6.45, 7) is -0.0276. The molecule has 0 bridgehead atoms. The topological polar surface area (TPSA) is 54.4 Å². The molecule has 1 aliphatic carbocycles. The molecule has 0 saturated heterocycles. The van der Waals surface area contributed by atoms with E-state index < -0.39 is 9.84 Å². The van der Waals surface area contributed by atoms with Crippen molar-refractivity contribution in [1.82, 2.24) is 0 Å². The molecule has 0 atom stereocenters. The minimum Gasteiger partial charge on any atom is -0.392 e. The summed E-state index contributed by atoms with van der Waals surface area (Å²) in [5.41, 5.74) is 0.867. The van der Waals surface area contributed by atoms with Gasteiger partial charge in [0.1, 0.15) is 4.21 Å². The Kier molecular flexibility index (Phi) is 4.81. The van der Waals surface area contributed by atoms with Crippen LogP contribution in [-0.2, 0) is 9.84 Å². The first kappa shape index (κ1) is 14.8. The van der Waals surface area contributed by atoms with E-state index in [-0.39, 0.29) is 6.61 Å². The predicted molar refractivity (Wildman–Crippen MR) is 79.1 cm³/mol. The van der Waals surface area contributed by atoms with Gasteiger partial charge in [0.25, 0.3) is 0 Å². The molecular formula is C14H20O3S2. The van der Waals surface area contributed by atoms with Gasteiger partial charge in [-0.05, 0) is 36.5 Å². The average Bonchev–Trinajstić information content (AvgIpc) is 2.86. The van der Waals surface area contributed by atoms with Crippen molar-refractivity contribution < 1.29 is 13.5 Å². The smallest absolute Gasteiger partial charge is 0.184 e. The highest BCUT2D eigenvalue weighted by Gasteiger charge is 2.15. The highest BCUT2D eigenvalue weighted by atomic mass is 32.2. The number of rotatable bonds is 4. The molecule has 106 valence electrons. The molecule has 0 spiro atoms. The second-order valence-electron chi connectivity index (χ2n) is 5.14. The van der Waals surface area contributed by atoms with Gasteiger partial charge in [0, 0.05) is 11.1 Å². The molecule has 0 unspecified atom stereocenters. The zero-order valence-corrected chi connectivity index (χ0v) is 12.8. The van der Waals surface area contributed by atoms with Gasteiger partial charge in [-0.1, -0.05) is 25.3 Å². The lowest BCUT2D eigenvalue weighted by Gasteiger charge is -2.19. The van der Waals surface area contributed by atoms with Gasteiger partial charge in [0.05, 0.1) is 6.61 Å². The Morgan fingerprint density at radius 3 is 2.58 bits per heavy atom. The van der Waals surface area contributed by atoms with Crippen molar-refractivity contribution in [3.05, 3.63) is 23.1 Å². The Morgan fingerprint density at radius 1 is 1.37 bits per heavy atom.